The van der Waals surface area contributed by atoms with Crippen molar-refractivity contribution in [2.45, 2.75) is 302 Å². The summed E-state index contributed by atoms with van der Waals surface area (Å²) < 4.78 is 23.2. The number of carbonyl (C=O) groups excluding carboxylic acids is 1. The molecule has 0 saturated heterocycles. The number of nitrogens with one attached hydrogen (secondary N) is 1. The van der Waals surface area contributed by atoms with Crippen molar-refractivity contribution in [1.29, 1.82) is 0 Å². The lowest BCUT2D eigenvalue weighted by atomic mass is 10.0. The highest BCUT2D eigenvalue weighted by atomic mass is 31.2. The van der Waals surface area contributed by atoms with Gasteiger partial charge in [-0.3, -0.25) is 9.36 Å². The maximum absolute atomic E-state index is 12.9. The molecule has 8 nitrogen and oxygen atoms in total. The average molecular weight is 968 g/mol. The van der Waals surface area contributed by atoms with Crippen LogP contribution in [0.3, 0.4) is 0 Å². The molecule has 3 unspecified atom stereocenters. The Balaban J connectivity index is 3.86. The first kappa shape index (κ1) is 66.0. The van der Waals surface area contributed by atoms with Crippen molar-refractivity contribution in [3.05, 3.63) is 24.3 Å². The van der Waals surface area contributed by atoms with Gasteiger partial charge in [0.15, 0.2) is 0 Å². The van der Waals surface area contributed by atoms with Crippen molar-refractivity contribution < 1.29 is 32.9 Å². The lowest BCUT2D eigenvalue weighted by Gasteiger charge is -2.29. The summed E-state index contributed by atoms with van der Waals surface area (Å²) in [7, 11) is 1.25. The van der Waals surface area contributed by atoms with Crippen molar-refractivity contribution in [2.75, 3.05) is 40.9 Å². The standard InChI is InChI=1S/C58H115N2O6P/c1-6-8-10-12-14-16-18-19-20-21-22-23-24-25-26-27-28-29-30-31-32-33-34-35-36-37-38-39-40-41-42-44-46-48-50-52-58(62)59-56(55-66-67(63,64)65-54-53-60(3,4)5)57(61)51-49-47-45-43-17-15-13-11-9-7-2/h17,43,49,51,56-57,61H,6-16,18-42,44-48,50,52-55H2,1-5H3,(H-,59,62,63,64)/b43-17+,51-49+. The number of unbranched alkanes of at least 4 members (excludes halogenated alkanes) is 39. The summed E-state index contributed by atoms with van der Waals surface area (Å²) in [5.74, 6) is -0.204. The molecule has 0 bridgehead atoms. The van der Waals surface area contributed by atoms with E-state index in [9.17, 15) is 19.4 Å². The number of aliphatic hydroxyl groups excluding tert-OH is 1. The number of amides is 1. The molecular weight excluding hydrogens is 852 g/mol. The molecule has 0 aromatic carbocycles. The summed E-state index contributed by atoms with van der Waals surface area (Å²) in [4.78, 5) is 25.4. The number of hydrogen-bond acceptors (Lipinski definition) is 6. The first-order valence-corrected chi connectivity index (χ1v) is 30.7. The van der Waals surface area contributed by atoms with Crippen molar-refractivity contribution in [3.63, 3.8) is 0 Å². The van der Waals surface area contributed by atoms with Crippen LogP contribution in [0.1, 0.15) is 290 Å². The van der Waals surface area contributed by atoms with Crippen LogP contribution in [0, 0.1) is 0 Å². The van der Waals surface area contributed by atoms with Crippen molar-refractivity contribution in [3.8, 4) is 0 Å². The molecule has 0 saturated carbocycles. The van der Waals surface area contributed by atoms with Gasteiger partial charge in [-0.25, -0.2) is 0 Å². The molecule has 0 fully saturated rings. The average Bonchev–Trinajstić information content (AvgIpc) is 3.29. The Morgan fingerprint density at radius 3 is 1.21 bits per heavy atom. The molecule has 1 amide bonds. The number of quaternary nitrogens is 1. The molecule has 0 heterocycles. The summed E-state index contributed by atoms with van der Waals surface area (Å²) >= 11 is 0. The Labute approximate surface area is 417 Å². The van der Waals surface area contributed by atoms with Gasteiger partial charge in [0.05, 0.1) is 39.9 Å². The second-order valence-electron chi connectivity index (χ2n) is 21.4. The second kappa shape index (κ2) is 49.9. The maximum Gasteiger partial charge on any atom is 0.268 e. The van der Waals surface area contributed by atoms with Crippen molar-refractivity contribution in [2.24, 2.45) is 0 Å². The van der Waals surface area contributed by atoms with Gasteiger partial charge in [-0.05, 0) is 32.1 Å². The van der Waals surface area contributed by atoms with Gasteiger partial charge >= 0.3 is 0 Å². The first-order valence-electron chi connectivity index (χ1n) is 29.2. The highest BCUT2D eigenvalue weighted by molar-refractivity contribution is 7.45. The number of phosphoric ester groups is 1. The zero-order chi connectivity index (χ0) is 49.2. The van der Waals surface area contributed by atoms with E-state index in [1.807, 2.05) is 27.2 Å². The number of hydrogen-bond donors (Lipinski definition) is 2. The van der Waals surface area contributed by atoms with Crippen LogP contribution >= 0.6 is 7.82 Å². The van der Waals surface area contributed by atoms with Gasteiger partial charge in [0.2, 0.25) is 5.91 Å². The largest absolute Gasteiger partial charge is 0.756 e. The van der Waals surface area contributed by atoms with Crippen LogP contribution in [-0.4, -0.2) is 68.5 Å². The Hall–Kier alpha value is -1.02. The normalized spacial score (nSPS) is 14.1. The SMILES string of the molecule is CCCCCC/C=C/CC/C=C/C(O)C(COP(=O)([O-])OCC[N+](C)(C)C)NC(=O)CCCCCCCCCCCCCCCCCCCCCCCCCCCCCCCCCCCCC. The molecule has 3 atom stereocenters. The van der Waals surface area contributed by atoms with Gasteiger partial charge in [0.1, 0.15) is 13.2 Å². The molecule has 0 aromatic heterocycles. The Morgan fingerprint density at radius 2 is 0.836 bits per heavy atom. The fourth-order valence-corrected chi connectivity index (χ4v) is 9.54. The molecule has 0 aliphatic carbocycles. The van der Waals surface area contributed by atoms with Gasteiger partial charge in [-0.2, -0.15) is 0 Å². The number of phosphoric acid groups is 1. The monoisotopic (exact) mass is 967 g/mol. The highest BCUT2D eigenvalue weighted by Gasteiger charge is 2.23. The Bertz CT molecular complexity index is 1140. The number of carbonyl (C=O) groups is 1. The predicted octanol–water partition coefficient (Wildman–Crippen LogP) is 17.0. The Kier molecular flexibility index (Phi) is 49.2. The van der Waals surface area contributed by atoms with Gasteiger partial charge in [-0.15, -0.1) is 0 Å². The van der Waals surface area contributed by atoms with Crippen LogP contribution < -0.4 is 10.2 Å². The molecule has 67 heavy (non-hydrogen) atoms. The van der Waals surface area contributed by atoms with Crippen LogP contribution in [0.15, 0.2) is 24.3 Å². The number of likely N-dealkylation sites (N-methyl/N-ethyl adjacent to an activating group) is 1. The third kappa shape index (κ3) is 52.6. The molecule has 0 aliphatic rings. The van der Waals surface area contributed by atoms with E-state index in [-0.39, 0.29) is 19.1 Å². The fraction of sp³-hybridized carbons (Fsp3) is 0.914. The lowest BCUT2D eigenvalue weighted by Crippen LogP contribution is -2.45. The third-order valence-electron chi connectivity index (χ3n) is 13.4. The molecule has 0 aliphatic heterocycles. The van der Waals surface area contributed by atoms with Crippen LogP contribution in [-0.2, 0) is 18.4 Å². The summed E-state index contributed by atoms with van der Waals surface area (Å²) in [6, 6.07) is -0.898. The molecule has 0 radical (unpaired) electrons. The van der Waals surface area contributed by atoms with E-state index in [1.54, 1.807) is 6.08 Å². The minimum absolute atomic E-state index is 0.00433. The van der Waals surface area contributed by atoms with E-state index in [0.29, 0.717) is 17.4 Å². The molecule has 0 aromatic rings. The van der Waals surface area contributed by atoms with Gasteiger partial charge in [0, 0.05) is 6.42 Å². The number of nitrogens with zero attached hydrogens (tertiary/aromatic N) is 1. The summed E-state index contributed by atoms with van der Waals surface area (Å²) in [5.41, 5.74) is 0. The smallest absolute Gasteiger partial charge is 0.268 e. The molecule has 398 valence electrons. The number of allylic oxidation sites excluding steroid dienone is 3. The lowest BCUT2D eigenvalue weighted by molar-refractivity contribution is -0.870. The molecule has 2 N–H and O–H groups in total. The van der Waals surface area contributed by atoms with Gasteiger partial charge in [0.25, 0.3) is 7.82 Å². The predicted molar refractivity (Wildman–Crippen MR) is 289 cm³/mol. The molecule has 9 heteroatoms. The highest BCUT2D eigenvalue weighted by Crippen LogP contribution is 2.38. The molecule has 0 rings (SSSR count). The topological polar surface area (TPSA) is 108 Å². The molecule has 0 spiro atoms. The van der Waals surface area contributed by atoms with Crippen LogP contribution in [0.25, 0.3) is 0 Å². The molecular formula is C58H115N2O6P. The van der Waals surface area contributed by atoms with Crippen molar-refractivity contribution in [1.82, 2.24) is 5.32 Å². The van der Waals surface area contributed by atoms with E-state index >= 15 is 0 Å². The van der Waals surface area contributed by atoms with E-state index in [1.165, 1.54) is 231 Å². The Morgan fingerprint density at radius 1 is 0.507 bits per heavy atom. The van der Waals surface area contributed by atoms with Crippen LogP contribution in [0.4, 0.5) is 0 Å². The van der Waals surface area contributed by atoms with E-state index < -0.39 is 20.0 Å². The van der Waals surface area contributed by atoms with Crippen molar-refractivity contribution >= 4 is 13.7 Å². The second-order valence-corrected chi connectivity index (χ2v) is 22.8. The van der Waals surface area contributed by atoms with E-state index in [4.69, 9.17) is 9.05 Å². The zero-order valence-corrected chi connectivity index (χ0v) is 46.3. The van der Waals surface area contributed by atoms with Crippen LogP contribution in [0.5, 0.6) is 0 Å². The third-order valence-corrected chi connectivity index (χ3v) is 14.4. The quantitative estimate of drug-likeness (QED) is 0.0272. The number of rotatable bonds is 54. The fourth-order valence-electron chi connectivity index (χ4n) is 8.82. The summed E-state index contributed by atoms with van der Waals surface area (Å²) in [5, 5.41) is 13.8. The minimum Gasteiger partial charge on any atom is -0.756 e. The van der Waals surface area contributed by atoms with E-state index in [2.05, 4.69) is 31.3 Å². The van der Waals surface area contributed by atoms with Gasteiger partial charge in [-0.1, -0.05) is 276 Å². The summed E-state index contributed by atoms with van der Waals surface area (Å²) in [6.07, 6.45) is 63.0. The van der Waals surface area contributed by atoms with Crippen LogP contribution in [0.2, 0.25) is 0 Å². The zero-order valence-electron chi connectivity index (χ0n) is 45.4. The maximum atomic E-state index is 12.9. The first-order chi connectivity index (χ1) is 32.5. The minimum atomic E-state index is -4.59. The summed E-state index contributed by atoms with van der Waals surface area (Å²) in [6.45, 7) is 4.62. The van der Waals surface area contributed by atoms with E-state index in [0.717, 1.165) is 38.5 Å². The number of aliphatic hydroxyl groups is 1. The van der Waals surface area contributed by atoms with Gasteiger partial charge < -0.3 is 28.8 Å².